The van der Waals surface area contributed by atoms with Crippen LogP contribution in [0.4, 0.5) is 11.6 Å². The van der Waals surface area contributed by atoms with Crippen LogP contribution in [0.2, 0.25) is 0 Å². The molecule has 1 aromatic carbocycles. The average molecular weight is 341 g/mol. The van der Waals surface area contributed by atoms with E-state index in [4.69, 9.17) is 4.74 Å². The monoisotopic (exact) mass is 341 g/mol. The molecule has 2 aromatic heterocycles. The maximum Gasteiger partial charge on any atom is 0.229 e. The van der Waals surface area contributed by atoms with Crippen LogP contribution < -0.4 is 5.32 Å². The number of aromatic nitrogens is 4. The normalized spacial score (nSPS) is 15.7. The number of hydrogen-bond donors (Lipinski definition) is 1. The zero-order valence-corrected chi connectivity index (χ0v) is 14.3. The third-order valence-corrected chi connectivity index (χ3v) is 4.93. The number of rotatable bonds is 4. The van der Waals surface area contributed by atoms with Gasteiger partial charge in [0.2, 0.25) is 5.95 Å². The molecule has 0 saturated carbocycles. The number of thioether (sulfide) groups is 1. The van der Waals surface area contributed by atoms with Gasteiger partial charge in [-0.2, -0.15) is 10.1 Å². The molecule has 1 saturated heterocycles. The van der Waals surface area contributed by atoms with Crippen LogP contribution in [0.15, 0.2) is 41.6 Å². The maximum atomic E-state index is 5.42. The van der Waals surface area contributed by atoms with Gasteiger partial charge in [-0.3, -0.25) is 4.68 Å². The minimum absolute atomic E-state index is 0.392. The number of nitrogens with one attached hydrogen (secondary N) is 1. The van der Waals surface area contributed by atoms with Gasteiger partial charge in [-0.25, -0.2) is 4.98 Å². The minimum Gasteiger partial charge on any atom is -0.381 e. The first-order valence-electron chi connectivity index (χ1n) is 8.02. The third-order valence-electron chi connectivity index (χ3n) is 4.19. The minimum atomic E-state index is 0.392. The molecule has 1 aliphatic heterocycles. The van der Waals surface area contributed by atoms with Crippen molar-refractivity contribution >= 4 is 34.4 Å². The Morgan fingerprint density at radius 1 is 1.21 bits per heavy atom. The van der Waals surface area contributed by atoms with Crippen molar-refractivity contribution in [3.05, 3.63) is 36.7 Å². The highest BCUT2D eigenvalue weighted by Gasteiger charge is 2.17. The van der Waals surface area contributed by atoms with Gasteiger partial charge in [-0.15, -0.1) is 11.8 Å². The lowest BCUT2D eigenvalue weighted by Gasteiger charge is -2.21. The van der Waals surface area contributed by atoms with E-state index in [9.17, 15) is 0 Å². The number of fused-ring (bicyclic) bond motifs is 1. The third kappa shape index (κ3) is 3.22. The van der Waals surface area contributed by atoms with Gasteiger partial charge in [0.1, 0.15) is 0 Å². The van der Waals surface area contributed by atoms with Crippen LogP contribution in [0, 0.1) is 0 Å². The van der Waals surface area contributed by atoms with Gasteiger partial charge >= 0.3 is 0 Å². The second-order valence-electron chi connectivity index (χ2n) is 5.78. The Bertz CT molecular complexity index is 827. The number of nitrogens with zero attached hydrogens (tertiary/aromatic N) is 4. The fourth-order valence-corrected chi connectivity index (χ4v) is 3.24. The summed E-state index contributed by atoms with van der Waals surface area (Å²) in [5.74, 6) is 0.566. The molecule has 3 heterocycles. The summed E-state index contributed by atoms with van der Waals surface area (Å²) in [5.41, 5.74) is 1.69. The van der Waals surface area contributed by atoms with E-state index >= 15 is 0 Å². The molecule has 0 unspecified atom stereocenters. The molecule has 1 fully saturated rings. The summed E-state index contributed by atoms with van der Waals surface area (Å²) in [7, 11) is 0. The van der Waals surface area contributed by atoms with Gasteiger partial charge in [0.05, 0.1) is 11.4 Å². The Balaban J connectivity index is 1.55. The Kier molecular flexibility index (Phi) is 4.36. The van der Waals surface area contributed by atoms with Crippen molar-refractivity contribution < 1.29 is 4.74 Å². The van der Waals surface area contributed by atoms with Crippen molar-refractivity contribution in [3.63, 3.8) is 0 Å². The van der Waals surface area contributed by atoms with E-state index in [0.717, 1.165) is 42.8 Å². The van der Waals surface area contributed by atoms with Crippen molar-refractivity contribution in [2.75, 3.05) is 24.8 Å². The van der Waals surface area contributed by atoms with Crippen LogP contribution in [0.5, 0.6) is 0 Å². The molecule has 124 valence electrons. The van der Waals surface area contributed by atoms with Gasteiger partial charge < -0.3 is 10.1 Å². The first-order chi connectivity index (χ1) is 11.8. The van der Waals surface area contributed by atoms with Crippen LogP contribution in [0.25, 0.3) is 11.0 Å². The van der Waals surface area contributed by atoms with Gasteiger partial charge in [0.15, 0.2) is 5.65 Å². The molecule has 1 aliphatic rings. The van der Waals surface area contributed by atoms with E-state index in [1.165, 1.54) is 4.90 Å². The second-order valence-corrected chi connectivity index (χ2v) is 6.66. The predicted octanol–water partition coefficient (Wildman–Crippen LogP) is 3.64. The van der Waals surface area contributed by atoms with E-state index < -0.39 is 0 Å². The first kappa shape index (κ1) is 15.4. The van der Waals surface area contributed by atoms with E-state index in [1.807, 2.05) is 29.2 Å². The first-order valence-corrected chi connectivity index (χ1v) is 9.25. The highest BCUT2D eigenvalue weighted by atomic mass is 32.2. The van der Waals surface area contributed by atoms with Crippen molar-refractivity contribution in [1.29, 1.82) is 0 Å². The van der Waals surface area contributed by atoms with E-state index in [2.05, 4.69) is 38.8 Å². The van der Waals surface area contributed by atoms with E-state index in [1.54, 1.807) is 11.8 Å². The zero-order valence-electron chi connectivity index (χ0n) is 13.5. The molecule has 24 heavy (non-hydrogen) atoms. The lowest BCUT2D eigenvalue weighted by molar-refractivity contribution is 0.0664. The molecular formula is C17H19N5OS. The molecular weight excluding hydrogens is 322 g/mol. The molecule has 7 heteroatoms. The molecule has 0 atom stereocenters. The van der Waals surface area contributed by atoms with Crippen molar-refractivity contribution in [1.82, 2.24) is 19.7 Å². The largest absolute Gasteiger partial charge is 0.381 e. The van der Waals surface area contributed by atoms with Crippen molar-refractivity contribution in [3.8, 4) is 0 Å². The lowest BCUT2D eigenvalue weighted by Crippen LogP contribution is -2.19. The summed E-state index contributed by atoms with van der Waals surface area (Å²) in [6.07, 6.45) is 7.91. The SMILES string of the molecule is CSc1ccc(Nc2ncc3cn(C4CCOCC4)nc3n2)cc1. The van der Waals surface area contributed by atoms with Gasteiger partial charge in [0.25, 0.3) is 0 Å². The van der Waals surface area contributed by atoms with Crippen molar-refractivity contribution in [2.45, 2.75) is 23.8 Å². The number of hydrogen-bond acceptors (Lipinski definition) is 6. The summed E-state index contributed by atoms with van der Waals surface area (Å²) in [5, 5.41) is 8.83. The Hall–Kier alpha value is -2.12. The summed E-state index contributed by atoms with van der Waals surface area (Å²) < 4.78 is 7.43. The molecule has 0 spiro atoms. The van der Waals surface area contributed by atoms with Crippen LogP contribution in [-0.4, -0.2) is 39.2 Å². The molecule has 1 N–H and O–H groups in total. The standard InChI is InChI=1S/C17H19N5OS/c1-24-15-4-2-13(3-5-15)19-17-18-10-12-11-22(21-16(12)20-17)14-6-8-23-9-7-14/h2-5,10-11,14H,6-9H2,1H3,(H,19,20,21). The molecule has 0 radical (unpaired) electrons. The van der Waals surface area contributed by atoms with Gasteiger partial charge in [0, 0.05) is 36.2 Å². The fraction of sp³-hybridized carbons (Fsp3) is 0.353. The fourth-order valence-electron chi connectivity index (χ4n) is 2.83. The highest BCUT2D eigenvalue weighted by molar-refractivity contribution is 7.98. The molecule has 0 bridgehead atoms. The highest BCUT2D eigenvalue weighted by Crippen LogP contribution is 2.23. The topological polar surface area (TPSA) is 64.9 Å². The molecule has 4 rings (SSSR count). The summed E-state index contributed by atoms with van der Waals surface area (Å²) in [4.78, 5) is 10.2. The smallest absolute Gasteiger partial charge is 0.229 e. The van der Waals surface area contributed by atoms with Gasteiger partial charge in [-0.1, -0.05) is 0 Å². The van der Waals surface area contributed by atoms with Crippen molar-refractivity contribution in [2.24, 2.45) is 0 Å². The van der Waals surface area contributed by atoms with Gasteiger partial charge in [-0.05, 0) is 43.4 Å². The van der Waals surface area contributed by atoms with Crippen LogP contribution in [0.3, 0.4) is 0 Å². The summed E-state index contributed by atoms with van der Waals surface area (Å²) in [6, 6.07) is 8.60. The Morgan fingerprint density at radius 3 is 2.75 bits per heavy atom. The summed E-state index contributed by atoms with van der Waals surface area (Å²) >= 11 is 1.72. The lowest BCUT2D eigenvalue weighted by atomic mass is 10.1. The number of anilines is 2. The summed E-state index contributed by atoms with van der Waals surface area (Å²) in [6.45, 7) is 1.59. The van der Waals surface area contributed by atoms with Crippen LogP contribution in [0.1, 0.15) is 18.9 Å². The molecule has 0 amide bonds. The zero-order chi connectivity index (χ0) is 16.4. The average Bonchev–Trinajstić information content (AvgIpc) is 3.06. The molecule has 6 nitrogen and oxygen atoms in total. The maximum absolute atomic E-state index is 5.42. The molecule has 0 aliphatic carbocycles. The van der Waals surface area contributed by atoms with Crippen LogP contribution >= 0.6 is 11.8 Å². The predicted molar refractivity (Wildman–Crippen MR) is 95.9 cm³/mol. The Labute approximate surface area is 144 Å². The van der Waals surface area contributed by atoms with Crippen LogP contribution in [-0.2, 0) is 4.74 Å². The Morgan fingerprint density at radius 2 is 2.00 bits per heavy atom. The number of ether oxygens (including phenoxy) is 1. The second kappa shape index (κ2) is 6.78. The quantitative estimate of drug-likeness (QED) is 0.731. The number of benzene rings is 1. The van der Waals surface area contributed by atoms with E-state index in [0.29, 0.717) is 12.0 Å². The molecule has 3 aromatic rings. The van der Waals surface area contributed by atoms with E-state index in [-0.39, 0.29) is 0 Å².